The average molecular weight is 357 g/mol. The molecule has 0 saturated carbocycles. The summed E-state index contributed by atoms with van der Waals surface area (Å²) < 4.78 is 15.8. The van der Waals surface area contributed by atoms with Gasteiger partial charge < -0.3 is 19.1 Å². The van der Waals surface area contributed by atoms with E-state index in [1.807, 2.05) is 20.8 Å². The van der Waals surface area contributed by atoms with Crippen LogP contribution in [0.1, 0.15) is 37.6 Å². The standard InChI is InChI=1S/C16H21ClN2O5/c1-16(2,3)24-15(21)19-8-7-10(9-19)23-13-11(14(20)22-4)5-6-12(17)18-13/h5-6,10H,7-9H2,1-4H3/t10-/m0/s1. The van der Waals surface area contributed by atoms with Crippen LogP contribution in [0.4, 0.5) is 4.79 Å². The molecule has 1 aliphatic heterocycles. The van der Waals surface area contributed by atoms with Crippen LogP contribution in [0.15, 0.2) is 12.1 Å². The number of esters is 1. The number of carbonyl (C=O) groups is 2. The number of hydrogen-bond acceptors (Lipinski definition) is 6. The molecule has 1 atom stereocenters. The van der Waals surface area contributed by atoms with Crippen LogP contribution in [0.5, 0.6) is 5.88 Å². The van der Waals surface area contributed by atoms with Crippen molar-refractivity contribution < 1.29 is 23.8 Å². The first-order valence-corrected chi connectivity index (χ1v) is 7.97. The van der Waals surface area contributed by atoms with Crippen molar-refractivity contribution in [2.45, 2.75) is 38.9 Å². The number of halogens is 1. The SMILES string of the molecule is COC(=O)c1ccc(Cl)nc1O[C@H]1CCN(C(=O)OC(C)(C)C)C1. The monoisotopic (exact) mass is 356 g/mol. The second-order valence-corrected chi connectivity index (χ2v) is 6.82. The van der Waals surface area contributed by atoms with E-state index in [0.29, 0.717) is 19.5 Å². The second kappa shape index (κ2) is 7.25. The molecule has 24 heavy (non-hydrogen) atoms. The highest BCUT2D eigenvalue weighted by Crippen LogP contribution is 2.24. The van der Waals surface area contributed by atoms with Crippen LogP contribution in [0, 0.1) is 0 Å². The zero-order valence-electron chi connectivity index (χ0n) is 14.2. The van der Waals surface area contributed by atoms with E-state index >= 15 is 0 Å². The fraction of sp³-hybridized carbons (Fsp3) is 0.562. The first kappa shape index (κ1) is 18.3. The zero-order chi connectivity index (χ0) is 17.9. The Bertz CT molecular complexity index is 629. The number of amides is 1. The molecule has 1 aromatic rings. The lowest BCUT2D eigenvalue weighted by molar-refractivity contribution is 0.0273. The molecule has 0 spiro atoms. The summed E-state index contributed by atoms with van der Waals surface area (Å²) in [5.41, 5.74) is -0.361. The van der Waals surface area contributed by atoms with Crippen LogP contribution in [0.3, 0.4) is 0 Å². The lowest BCUT2D eigenvalue weighted by atomic mass is 10.2. The summed E-state index contributed by atoms with van der Waals surface area (Å²) in [6.07, 6.45) is -0.0821. The highest BCUT2D eigenvalue weighted by Gasteiger charge is 2.32. The summed E-state index contributed by atoms with van der Waals surface area (Å²) in [5.74, 6) is -0.457. The lowest BCUT2D eigenvalue weighted by Crippen LogP contribution is -2.36. The van der Waals surface area contributed by atoms with E-state index in [9.17, 15) is 9.59 Å². The van der Waals surface area contributed by atoms with Gasteiger partial charge in [-0.25, -0.2) is 14.6 Å². The third kappa shape index (κ3) is 4.74. The molecule has 0 bridgehead atoms. The minimum absolute atomic E-state index is 0.102. The summed E-state index contributed by atoms with van der Waals surface area (Å²) in [6, 6.07) is 2.99. The molecule has 0 unspecified atom stereocenters. The summed E-state index contributed by atoms with van der Waals surface area (Å²) in [4.78, 5) is 29.5. The number of nitrogens with zero attached hydrogens (tertiary/aromatic N) is 2. The Hall–Kier alpha value is -2.02. The highest BCUT2D eigenvalue weighted by molar-refractivity contribution is 6.29. The minimum Gasteiger partial charge on any atom is -0.472 e. The summed E-state index contributed by atoms with van der Waals surface area (Å²) in [5, 5.41) is 0.208. The fourth-order valence-electron chi connectivity index (χ4n) is 2.25. The summed E-state index contributed by atoms with van der Waals surface area (Å²) in [7, 11) is 1.28. The van der Waals surface area contributed by atoms with Gasteiger partial charge in [-0.1, -0.05) is 11.6 Å². The third-order valence-electron chi connectivity index (χ3n) is 3.31. The average Bonchev–Trinajstić information content (AvgIpc) is 2.93. The van der Waals surface area contributed by atoms with Crippen LogP contribution < -0.4 is 4.74 Å². The van der Waals surface area contributed by atoms with Crippen molar-refractivity contribution in [2.75, 3.05) is 20.2 Å². The van der Waals surface area contributed by atoms with Gasteiger partial charge in [-0.05, 0) is 32.9 Å². The Labute approximate surface area is 145 Å². The van der Waals surface area contributed by atoms with Crippen LogP contribution in [0.2, 0.25) is 5.15 Å². The Morgan fingerprint density at radius 3 is 2.67 bits per heavy atom. The smallest absolute Gasteiger partial charge is 0.410 e. The fourth-order valence-corrected chi connectivity index (χ4v) is 2.39. The molecule has 1 amide bonds. The molecule has 1 fully saturated rings. The summed E-state index contributed by atoms with van der Waals surface area (Å²) >= 11 is 5.87. The van der Waals surface area contributed by atoms with Crippen molar-refractivity contribution in [1.29, 1.82) is 0 Å². The molecule has 0 N–H and O–H groups in total. The van der Waals surface area contributed by atoms with Crippen LogP contribution in [-0.4, -0.2) is 53.9 Å². The van der Waals surface area contributed by atoms with Gasteiger partial charge in [0.2, 0.25) is 5.88 Å². The predicted molar refractivity (Wildman–Crippen MR) is 87.4 cm³/mol. The number of ether oxygens (including phenoxy) is 3. The lowest BCUT2D eigenvalue weighted by Gasteiger charge is -2.24. The van der Waals surface area contributed by atoms with Gasteiger partial charge in [-0.15, -0.1) is 0 Å². The van der Waals surface area contributed by atoms with Gasteiger partial charge >= 0.3 is 12.1 Å². The normalized spacial score (nSPS) is 17.5. The Kier molecular flexibility index (Phi) is 5.54. The van der Waals surface area contributed by atoms with Gasteiger partial charge in [0.15, 0.2) is 0 Å². The number of pyridine rings is 1. The Balaban J connectivity index is 2.04. The van der Waals surface area contributed by atoms with Crippen molar-refractivity contribution in [3.05, 3.63) is 22.8 Å². The van der Waals surface area contributed by atoms with Gasteiger partial charge in [0.1, 0.15) is 22.4 Å². The Morgan fingerprint density at radius 1 is 1.33 bits per heavy atom. The maximum absolute atomic E-state index is 12.1. The maximum Gasteiger partial charge on any atom is 0.410 e. The maximum atomic E-state index is 12.1. The van der Waals surface area contributed by atoms with Crippen molar-refractivity contribution in [3.8, 4) is 5.88 Å². The number of likely N-dealkylation sites (tertiary alicyclic amines) is 1. The number of aromatic nitrogens is 1. The quantitative estimate of drug-likeness (QED) is 0.612. The van der Waals surface area contributed by atoms with Gasteiger partial charge in [0, 0.05) is 13.0 Å². The van der Waals surface area contributed by atoms with E-state index in [4.69, 9.17) is 25.8 Å². The number of rotatable bonds is 3. The summed E-state index contributed by atoms with van der Waals surface area (Å²) in [6.45, 7) is 6.30. The van der Waals surface area contributed by atoms with Gasteiger partial charge in [0.05, 0.1) is 13.7 Å². The molecule has 1 saturated heterocycles. The number of methoxy groups -OCH3 is 1. The van der Waals surface area contributed by atoms with E-state index in [0.717, 1.165) is 0 Å². The predicted octanol–water partition coefficient (Wildman–Crippen LogP) is 2.91. The molecular weight excluding hydrogens is 336 g/mol. The molecule has 0 radical (unpaired) electrons. The minimum atomic E-state index is -0.559. The van der Waals surface area contributed by atoms with Crippen LogP contribution >= 0.6 is 11.6 Å². The molecule has 8 heteroatoms. The molecule has 132 valence electrons. The molecular formula is C16H21ClN2O5. The number of carbonyl (C=O) groups excluding carboxylic acids is 2. The molecule has 1 aliphatic rings. The largest absolute Gasteiger partial charge is 0.472 e. The zero-order valence-corrected chi connectivity index (χ0v) is 14.9. The van der Waals surface area contributed by atoms with Crippen molar-refractivity contribution >= 4 is 23.7 Å². The molecule has 0 aliphatic carbocycles. The second-order valence-electron chi connectivity index (χ2n) is 6.43. The van der Waals surface area contributed by atoms with E-state index in [1.54, 1.807) is 4.90 Å². The Morgan fingerprint density at radius 2 is 2.04 bits per heavy atom. The van der Waals surface area contributed by atoms with Gasteiger partial charge in [0.25, 0.3) is 0 Å². The third-order valence-corrected chi connectivity index (χ3v) is 3.52. The van der Waals surface area contributed by atoms with Gasteiger partial charge in [-0.2, -0.15) is 0 Å². The molecule has 7 nitrogen and oxygen atoms in total. The molecule has 2 heterocycles. The van der Waals surface area contributed by atoms with E-state index in [1.165, 1.54) is 19.2 Å². The van der Waals surface area contributed by atoms with Crippen molar-refractivity contribution in [2.24, 2.45) is 0 Å². The van der Waals surface area contributed by atoms with Crippen LogP contribution in [-0.2, 0) is 9.47 Å². The van der Waals surface area contributed by atoms with Crippen molar-refractivity contribution in [3.63, 3.8) is 0 Å². The molecule has 1 aromatic heterocycles. The van der Waals surface area contributed by atoms with E-state index < -0.39 is 11.6 Å². The molecule has 0 aromatic carbocycles. The highest BCUT2D eigenvalue weighted by atomic mass is 35.5. The molecule has 2 rings (SSSR count). The number of hydrogen-bond donors (Lipinski definition) is 0. The van der Waals surface area contributed by atoms with Crippen LogP contribution in [0.25, 0.3) is 0 Å². The van der Waals surface area contributed by atoms with Gasteiger partial charge in [-0.3, -0.25) is 0 Å². The van der Waals surface area contributed by atoms with E-state index in [-0.39, 0.29) is 28.8 Å². The van der Waals surface area contributed by atoms with E-state index in [2.05, 4.69) is 4.98 Å². The topological polar surface area (TPSA) is 78.0 Å². The first-order valence-electron chi connectivity index (χ1n) is 7.59. The first-order chi connectivity index (χ1) is 11.2. The van der Waals surface area contributed by atoms with Crippen molar-refractivity contribution in [1.82, 2.24) is 9.88 Å².